The van der Waals surface area contributed by atoms with Crippen LogP contribution in [-0.4, -0.2) is 61.1 Å². The van der Waals surface area contributed by atoms with Crippen LogP contribution in [0.25, 0.3) is 0 Å². The van der Waals surface area contributed by atoms with Crippen LogP contribution in [0.3, 0.4) is 0 Å². The molecule has 0 radical (unpaired) electrons. The molecule has 0 aliphatic heterocycles. The van der Waals surface area contributed by atoms with Crippen molar-refractivity contribution >= 4 is 46.3 Å². The molecule has 1 N–H and O–H groups in total. The highest BCUT2D eigenvalue weighted by Gasteiger charge is 2.11. The maximum absolute atomic E-state index is 12.5. The second-order valence-electron chi connectivity index (χ2n) is 7.63. The summed E-state index contributed by atoms with van der Waals surface area (Å²) < 4.78 is 0. The summed E-state index contributed by atoms with van der Waals surface area (Å²) >= 11 is 11.7. The van der Waals surface area contributed by atoms with E-state index in [9.17, 15) is 9.59 Å². The van der Waals surface area contributed by atoms with E-state index in [0.717, 1.165) is 43.0 Å². The number of halogens is 2. The van der Waals surface area contributed by atoms with E-state index >= 15 is 0 Å². The number of amides is 1. The van der Waals surface area contributed by atoms with Crippen LogP contribution in [0.5, 0.6) is 0 Å². The summed E-state index contributed by atoms with van der Waals surface area (Å²) in [5.74, 6) is 1.14. The maximum atomic E-state index is 12.5. The van der Waals surface area contributed by atoms with E-state index in [1.807, 2.05) is 48.5 Å². The molecule has 2 rings (SSSR count). The fourth-order valence-corrected chi connectivity index (χ4v) is 3.94. The minimum atomic E-state index is -0.0947. The van der Waals surface area contributed by atoms with Crippen molar-refractivity contribution in [3.8, 4) is 0 Å². The SMILES string of the molecule is CCN(CC)CC(=O)Cc1cccc(NC(=O)Cc2ccc(N(CCCl)CCCl)cc2)c1. The van der Waals surface area contributed by atoms with Gasteiger partial charge in [-0.2, -0.15) is 0 Å². The van der Waals surface area contributed by atoms with Crippen LogP contribution >= 0.6 is 23.2 Å². The first-order valence-corrected chi connectivity index (χ1v) is 12.1. The van der Waals surface area contributed by atoms with E-state index in [1.165, 1.54) is 0 Å². The molecule has 0 spiro atoms. The quantitative estimate of drug-likeness (QED) is 0.403. The number of hydrogen-bond donors (Lipinski definition) is 1. The van der Waals surface area contributed by atoms with E-state index in [2.05, 4.69) is 29.0 Å². The average molecular weight is 478 g/mol. The van der Waals surface area contributed by atoms with Gasteiger partial charge in [-0.05, 0) is 48.5 Å². The Bertz CT molecular complexity index is 849. The highest BCUT2D eigenvalue weighted by molar-refractivity contribution is 6.18. The molecule has 0 saturated carbocycles. The zero-order valence-electron chi connectivity index (χ0n) is 18.9. The van der Waals surface area contributed by atoms with Gasteiger partial charge in [0.1, 0.15) is 0 Å². The minimum absolute atomic E-state index is 0.0947. The normalized spacial score (nSPS) is 10.9. The third kappa shape index (κ3) is 8.81. The Morgan fingerprint density at radius 3 is 2.12 bits per heavy atom. The monoisotopic (exact) mass is 477 g/mol. The van der Waals surface area contributed by atoms with E-state index in [1.54, 1.807) is 0 Å². The number of nitrogens with one attached hydrogen (secondary N) is 1. The molecule has 0 fully saturated rings. The zero-order chi connectivity index (χ0) is 23.3. The molecule has 2 aromatic carbocycles. The van der Waals surface area contributed by atoms with E-state index in [4.69, 9.17) is 23.2 Å². The zero-order valence-corrected chi connectivity index (χ0v) is 20.5. The van der Waals surface area contributed by atoms with Gasteiger partial charge in [0.05, 0.1) is 13.0 Å². The average Bonchev–Trinajstić information content (AvgIpc) is 2.78. The van der Waals surface area contributed by atoms with Crippen LogP contribution in [0.15, 0.2) is 48.5 Å². The first-order valence-electron chi connectivity index (χ1n) is 11.1. The Morgan fingerprint density at radius 1 is 0.875 bits per heavy atom. The van der Waals surface area contributed by atoms with Gasteiger partial charge < -0.3 is 10.2 Å². The van der Waals surface area contributed by atoms with Crippen molar-refractivity contribution in [2.75, 3.05) is 54.7 Å². The predicted molar refractivity (Wildman–Crippen MR) is 135 cm³/mol. The summed E-state index contributed by atoms with van der Waals surface area (Å²) in [4.78, 5) is 29.1. The Hall–Kier alpha value is -2.08. The van der Waals surface area contributed by atoms with Crippen LogP contribution in [0.2, 0.25) is 0 Å². The van der Waals surface area contributed by atoms with E-state index in [-0.39, 0.29) is 18.1 Å². The molecule has 0 atom stereocenters. The lowest BCUT2D eigenvalue weighted by atomic mass is 10.1. The lowest BCUT2D eigenvalue weighted by molar-refractivity contribution is -0.119. The molecule has 0 unspecified atom stereocenters. The summed E-state index contributed by atoms with van der Waals surface area (Å²) in [6.07, 6.45) is 0.638. The van der Waals surface area contributed by atoms with Crippen molar-refractivity contribution < 1.29 is 9.59 Å². The maximum Gasteiger partial charge on any atom is 0.228 e. The molecule has 0 aliphatic carbocycles. The largest absolute Gasteiger partial charge is 0.369 e. The summed E-state index contributed by atoms with van der Waals surface area (Å²) in [6, 6.07) is 15.4. The number of benzene rings is 2. The topological polar surface area (TPSA) is 52.7 Å². The standard InChI is InChI=1S/C25H33Cl2N3O2/c1-3-29(4-2)19-24(31)17-21-6-5-7-22(16-21)28-25(32)18-20-8-10-23(11-9-20)30(14-12-26)15-13-27/h5-11,16H,3-4,12-15,17-19H2,1-2H3,(H,28,32). The molecule has 0 bridgehead atoms. The van der Waals surface area contributed by atoms with Gasteiger partial charge in [-0.15, -0.1) is 23.2 Å². The number of likely N-dealkylation sites (N-methyl/N-ethyl adjacent to an activating group) is 1. The fourth-order valence-electron chi connectivity index (χ4n) is 3.53. The molecule has 1 amide bonds. The van der Waals surface area contributed by atoms with E-state index in [0.29, 0.717) is 30.4 Å². The van der Waals surface area contributed by atoms with Gasteiger partial charge in [0.15, 0.2) is 5.78 Å². The highest BCUT2D eigenvalue weighted by atomic mass is 35.5. The Balaban J connectivity index is 1.92. The summed E-state index contributed by atoms with van der Waals surface area (Å²) in [6.45, 7) is 7.72. The van der Waals surface area contributed by atoms with Gasteiger partial charge >= 0.3 is 0 Å². The van der Waals surface area contributed by atoms with Crippen molar-refractivity contribution in [3.05, 3.63) is 59.7 Å². The molecule has 0 heterocycles. The van der Waals surface area contributed by atoms with Crippen molar-refractivity contribution in [1.82, 2.24) is 4.90 Å². The van der Waals surface area contributed by atoms with Gasteiger partial charge in [-0.25, -0.2) is 0 Å². The fraction of sp³-hybridized carbons (Fsp3) is 0.440. The number of alkyl halides is 2. The lowest BCUT2D eigenvalue weighted by Gasteiger charge is -2.23. The highest BCUT2D eigenvalue weighted by Crippen LogP contribution is 2.17. The third-order valence-electron chi connectivity index (χ3n) is 5.28. The number of rotatable bonds is 14. The minimum Gasteiger partial charge on any atom is -0.369 e. The van der Waals surface area contributed by atoms with Crippen molar-refractivity contribution in [3.63, 3.8) is 0 Å². The molecule has 0 aliphatic rings. The lowest BCUT2D eigenvalue weighted by Crippen LogP contribution is -2.30. The number of ketones is 1. The Labute approximate surface area is 201 Å². The van der Waals surface area contributed by atoms with Crippen LogP contribution in [0, 0.1) is 0 Å². The number of carbonyl (C=O) groups excluding carboxylic acids is 2. The molecule has 0 saturated heterocycles. The van der Waals surface area contributed by atoms with Crippen molar-refractivity contribution in [2.45, 2.75) is 26.7 Å². The number of nitrogens with zero attached hydrogens (tertiary/aromatic N) is 2. The van der Waals surface area contributed by atoms with Gasteiger partial charge in [-0.3, -0.25) is 14.5 Å². The smallest absolute Gasteiger partial charge is 0.228 e. The summed E-state index contributed by atoms with van der Waals surface area (Å²) in [7, 11) is 0. The third-order valence-corrected chi connectivity index (χ3v) is 5.62. The molecular weight excluding hydrogens is 445 g/mol. The molecular formula is C25H33Cl2N3O2. The van der Waals surface area contributed by atoms with E-state index < -0.39 is 0 Å². The second-order valence-corrected chi connectivity index (χ2v) is 8.39. The molecule has 5 nitrogen and oxygen atoms in total. The number of hydrogen-bond acceptors (Lipinski definition) is 4. The first kappa shape index (κ1) is 26.2. The predicted octanol–water partition coefficient (Wildman–Crippen LogP) is 4.61. The van der Waals surface area contributed by atoms with Crippen LogP contribution in [-0.2, 0) is 22.4 Å². The van der Waals surface area contributed by atoms with Crippen molar-refractivity contribution in [2.24, 2.45) is 0 Å². The van der Waals surface area contributed by atoms with Gasteiger partial charge in [0.2, 0.25) is 5.91 Å². The number of carbonyl (C=O) groups is 2. The van der Waals surface area contributed by atoms with Gasteiger partial charge in [0, 0.05) is 42.6 Å². The summed E-state index contributed by atoms with van der Waals surface area (Å²) in [5, 5.41) is 2.94. The second kappa shape index (κ2) is 14.1. The Morgan fingerprint density at radius 2 is 1.53 bits per heavy atom. The number of anilines is 2. The molecule has 0 aromatic heterocycles. The van der Waals surface area contributed by atoms with Gasteiger partial charge in [0.25, 0.3) is 0 Å². The molecule has 174 valence electrons. The molecule has 2 aromatic rings. The Kier molecular flexibility index (Phi) is 11.6. The van der Waals surface area contributed by atoms with Crippen LogP contribution < -0.4 is 10.2 Å². The first-order chi connectivity index (χ1) is 15.5. The van der Waals surface area contributed by atoms with Crippen molar-refractivity contribution in [1.29, 1.82) is 0 Å². The number of Topliss-reactive ketones (excluding diaryl/α,β-unsaturated/α-hetero) is 1. The molecule has 7 heteroatoms. The molecule has 32 heavy (non-hydrogen) atoms. The van der Waals surface area contributed by atoms with Crippen LogP contribution in [0.4, 0.5) is 11.4 Å². The van der Waals surface area contributed by atoms with Crippen LogP contribution in [0.1, 0.15) is 25.0 Å². The van der Waals surface area contributed by atoms with Gasteiger partial charge in [-0.1, -0.05) is 38.1 Å². The summed E-state index contributed by atoms with van der Waals surface area (Å²) in [5.41, 5.74) is 3.57.